The monoisotopic (exact) mass is 247 g/mol. The molecule has 1 N–H and O–H groups in total. The molecule has 1 heterocycles. The van der Waals surface area contributed by atoms with Crippen LogP contribution in [0.25, 0.3) is 0 Å². The summed E-state index contributed by atoms with van der Waals surface area (Å²) in [6, 6.07) is 3.69. The summed E-state index contributed by atoms with van der Waals surface area (Å²) < 4.78 is 0. The minimum Gasteiger partial charge on any atom is -0.391 e. The predicted octanol–water partition coefficient (Wildman–Crippen LogP) is 1.67. The lowest BCUT2D eigenvalue weighted by Crippen LogP contribution is -2.36. The van der Waals surface area contributed by atoms with E-state index in [1.54, 1.807) is 0 Å². The molecule has 1 aromatic rings. The number of rotatable bonds is 3. The molecule has 0 saturated heterocycles. The second-order valence-corrected chi connectivity index (χ2v) is 4.73. The van der Waals surface area contributed by atoms with Crippen LogP contribution in [-0.2, 0) is 0 Å². The van der Waals surface area contributed by atoms with E-state index in [1.807, 2.05) is 32.9 Å². The molecule has 1 atom stereocenters. The molecule has 4 nitrogen and oxygen atoms in total. The third-order valence-electron chi connectivity index (χ3n) is 3.40. The molecule has 0 aromatic heterocycles. The maximum atomic E-state index is 12.2. The Labute approximate surface area is 106 Å². The summed E-state index contributed by atoms with van der Waals surface area (Å²) in [5, 5.41) is 9.63. The van der Waals surface area contributed by atoms with Gasteiger partial charge in [-0.3, -0.25) is 14.5 Å². The molecule has 1 aromatic carbocycles. The van der Waals surface area contributed by atoms with Crippen LogP contribution in [0.15, 0.2) is 12.1 Å². The Bertz CT molecular complexity index is 481. The van der Waals surface area contributed by atoms with Crippen LogP contribution >= 0.6 is 0 Å². The number of carbonyl (C=O) groups excluding carboxylic acids is 2. The molecule has 1 unspecified atom stereocenters. The van der Waals surface area contributed by atoms with Crippen LogP contribution in [0.3, 0.4) is 0 Å². The van der Waals surface area contributed by atoms with Crippen molar-refractivity contribution in [2.24, 2.45) is 0 Å². The Balaban J connectivity index is 2.44. The van der Waals surface area contributed by atoms with Crippen LogP contribution in [0.1, 0.15) is 45.2 Å². The maximum Gasteiger partial charge on any atom is 0.261 e. The number of hydrogen-bond donors (Lipinski definition) is 1. The average Bonchev–Trinajstić information content (AvgIpc) is 2.59. The molecule has 0 aliphatic carbocycles. The first kappa shape index (κ1) is 12.8. The fraction of sp³-hybridized carbons (Fsp3) is 0.429. The molecule has 1 aliphatic heterocycles. The number of β-amino-alcohol motifs (C(OH)–C–C–N with tert-alkyl or cyclic N) is 1. The highest BCUT2D eigenvalue weighted by Gasteiger charge is 2.38. The summed E-state index contributed by atoms with van der Waals surface area (Å²) in [5.74, 6) is -0.576. The molecule has 0 fully saturated rings. The summed E-state index contributed by atoms with van der Waals surface area (Å²) in [6.07, 6.45) is -0.140. The zero-order valence-electron chi connectivity index (χ0n) is 10.9. The van der Waals surface area contributed by atoms with Crippen molar-refractivity contribution < 1.29 is 14.7 Å². The highest BCUT2D eigenvalue weighted by molar-refractivity contribution is 6.22. The molecular formula is C14H17NO3. The smallest absolute Gasteiger partial charge is 0.261 e. The summed E-state index contributed by atoms with van der Waals surface area (Å²) in [6.45, 7) is 5.54. The minimum atomic E-state index is -0.659. The van der Waals surface area contributed by atoms with Gasteiger partial charge in [-0.05, 0) is 31.4 Å². The molecular weight excluding hydrogens is 230 g/mol. The number of nitrogens with zero attached hydrogens (tertiary/aromatic N) is 1. The van der Waals surface area contributed by atoms with Crippen molar-refractivity contribution in [2.45, 2.75) is 33.3 Å². The van der Waals surface area contributed by atoms with Gasteiger partial charge in [-0.1, -0.05) is 19.1 Å². The van der Waals surface area contributed by atoms with Crippen LogP contribution < -0.4 is 0 Å². The van der Waals surface area contributed by atoms with Gasteiger partial charge in [-0.25, -0.2) is 0 Å². The van der Waals surface area contributed by atoms with Gasteiger partial charge in [0.2, 0.25) is 0 Å². The summed E-state index contributed by atoms with van der Waals surface area (Å²) in [5.41, 5.74) is 2.59. The van der Waals surface area contributed by atoms with E-state index in [4.69, 9.17) is 0 Å². The number of fused-ring (bicyclic) bond motifs is 1. The number of benzene rings is 1. The van der Waals surface area contributed by atoms with Gasteiger partial charge in [0, 0.05) is 0 Å². The average molecular weight is 247 g/mol. The number of aryl methyl sites for hydroxylation is 2. The van der Waals surface area contributed by atoms with E-state index in [0.717, 1.165) is 16.0 Å². The lowest BCUT2D eigenvalue weighted by Gasteiger charge is -2.17. The maximum absolute atomic E-state index is 12.2. The van der Waals surface area contributed by atoms with Crippen molar-refractivity contribution in [3.05, 3.63) is 34.4 Å². The highest BCUT2D eigenvalue weighted by Crippen LogP contribution is 2.28. The second kappa shape index (κ2) is 4.53. The van der Waals surface area contributed by atoms with Crippen molar-refractivity contribution in [1.82, 2.24) is 4.90 Å². The third kappa shape index (κ3) is 1.82. The van der Waals surface area contributed by atoms with Crippen molar-refractivity contribution in [1.29, 1.82) is 0 Å². The number of carbonyl (C=O) groups is 2. The fourth-order valence-electron chi connectivity index (χ4n) is 2.23. The normalized spacial score (nSPS) is 16.1. The summed E-state index contributed by atoms with van der Waals surface area (Å²) >= 11 is 0. The number of aliphatic hydroxyl groups excluding tert-OH is 1. The largest absolute Gasteiger partial charge is 0.391 e. The zero-order chi connectivity index (χ0) is 13.4. The van der Waals surface area contributed by atoms with Gasteiger partial charge in [-0.15, -0.1) is 0 Å². The lowest BCUT2D eigenvalue weighted by atomic mass is 9.99. The fourth-order valence-corrected chi connectivity index (χ4v) is 2.23. The minimum absolute atomic E-state index is 0.0712. The van der Waals surface area contributed by atoms with Gasteiger partial charge in [-0.2, -0.15) is 0 Å². The topological polar surface area (TPSA) is 57.6 Å². The number of aliphatic hydroxyl groups is 1. The third-order valence-corrected chi connectivity index (χ3v) is 3.40. The van der Waals surface area contributed by atoms with Crippen molar-refractivity contribution in [3.8, 4) is 0 Å². The van der Waals surface area contributed by atoms with Crippen LogP contribution in [0.5, 0.6) is 0 Å². The molecule has 4 heteroatoms. The predicted molar refractivity (Wildman–Crippen MR) is 67.6 cm³/mol. The first-order chi connectivity index (χ1) is 8.47. The van der Waals surface area contributed by atoms with Gasteiger partial charge in [0.1, 0.15) is 0 Å². The summed E-state index contributed by atoms with van der Waals surface area (Å²) in [4.78, 5) is 25.6. The number of imide groups is 1. The van der Waals surface area contributed by atoms with E-state index in [1.165, 1.54) is 0 Å². The van der Waals surface area contributed by atoms with Gasteiger partial charge < -0.3 is 5.11 Å². The Kier molecular flexibility index (Phi) is 3.22. The van der Waals surface area contributed by atoms with Crippen molar-refractivity contribution >= 4 is 11.8 Å². The van der Waals surface area contributed by atoms with E-state index in [2.05, 4.69) is 0 Å². The van der Waals surface area contributed by atoms with Crippen LogP contribution in [0.2, 0.25) is 0 Å². The van der Waals surface area contributed by atoms with Crippen LogP contribution in [-0.4, -0.2) is 34.5 Å². The summed E-state index contributed by atoms with van der Waals surface area (Å²) in [7, 11) is 0. The van der Waals surface area contributed by atoms with E-state index >= 15 is 0 Å². The Morgan fingerprint density at radius 1 is 1.11 bits per heavy atom. The number of hydrogen-bond acceptors (Lipinski definition) is 3. The molecule has 2 amide bonds. The quantitative estimate of drug-likeness (QED) is 0.827. The van der Waals surface area contributed by atoms with Crippen molar-refractivity contribution in [3.63, 3.8) is 0 Å². The molecule has 0 spiro atoms. The zero-order valence-corrected chi connectivity index (χ0v) is 10.9. The Morgan fingerprint density at radius 3 is 1.94 bits per heavy atom. The first-order valence-electron chi connectivity index (χ1n) is 6.11. The van der Waals surface area contributed by atoms with Gasteiger partial charge in [0.05, 0.1) is 23.8 Å². The molecule has 1 aliphatic rings. The highest BCUT2D eigenvalue weighted by atomic mass is 16.3. The SMILES string of the molecule is CCC(O)CN1C(=O)c2c(C)ccc(C)c2C1=O. The lowest BCUT2D eigenvalue weighted by molar-refractivity contribution is 0.0539. The van der Waals surface area contributed by atoms with E-state index in [9.17, 15) is 14.7 Å². The molecule has 0 radical (unpaired) electrons. The molecule has 2 rings (SSSR count). The number of amides is 2. The van der Waals surface area contributed by atoms with Crippen molar-refractivity contribution in [2.75, 3.05) is 6.54 Å². The first-order valence-corrected chi connectivity index (χ1v) is 6.11. The standard InChI is InChI=1S/C14H17NO3/c1-4-10(16)7-15-13(17)11-8(2)5-6-9(3)12(11)14(15)18/h5-6,10,16H,4,7H2,1-3H3. The van der Waals surface area contributed by atoms with Crippen LogP contribution in [0.4, 0.5) is 0 Å². The molecule has 18 heavy (non-hydrogen) atoms. The van der Waals surface area contributed by atoms with E-state index < -0.39 is 6.10 Å². The van der Waals surface area contributed by atoms with E-state index in [0.29, 0.717) is 17.5 Å². The Morgan fingerprint density at radius 2 is 1.56 bits per heavy atom. The molecule has 0 saturated carbocycles. The van der Waals surface area contributed by atoms with E-state index in [-0.39, 0.29) is 18.4 Å². The van der Waals surface area contributed by atoms with Gasteiger partial charge in [0.15, 0.2) is 0 Å². The van der Waals surface area contributed by atoms with Gasteiger partial charge >= 0.3 is 0 Å². The second-order valence-electron chi connectivity index (χ2n) is 4.73. The van der Waals surface area contributed by atoms with Gasteiger partial charge in [0.25, 0.3) is 11.8 Å². The Hall–Kier alpha value is -1.68. The molecule has 0 bridgehead atoms. The van der Waals surface area contributed by atoms with Crippen LogP contribution in [0, 0.1) is 13.8 Å². The molecule has 96 valence electrons.